The molecule has 13 atom stereocenters. The van der Waals surface area contributed by atoms with E-state index < -0.39 is 11.7 Å². The van der Waals surface area contributed by atoms with Crippen LogP contribution < -0.4 is 5.32 Å². The Labute approximate surface area is 264 Å². The minimum Gasteiger partial charge on any atom is -0.388 e. The first-order chi connectivity index (χ1) is 20.8. The van der Waals surface area contributed by atoms with Crippen molar-refractivity contribution in [1.29, 1.82) is 0 Å². The molecule has 3 heterocycles. The largest absolute Gasteiger partial charge is 0.388 e. The van der Waals surface area contributed by atoms with Gasteiger partial charge in [-0.2, -0.15) is 0 Å². The summed E-state index contributed by atoms with van der Waals surface area (Å²) in [6.07, 6.45) is 12.1. The van der Waals surface area contributed by atoms with Crippen LogP contribution in [-0.2, 0) is 19.0 Å². The van der Waals surface area contributed by atoms with Crippen molar-refractivity contribution in [2.24, 2.45) is 45.3 Å². The van der Waals surface area contributed by atoms with Crippen LogP contribution in [0.4, 0.5) is 0 Å². The van der Waals surface area contributed by atoms with Crippen LogP contribution in [0.15, 0.2) is 0 Å². The number of hydrogen-bond acceptors (Lipinski definition) is 7. The third kappa shape index (κ3) is 4.25. The van der Waals surface area contributed by atoms with E-state index in [1.807, 2.05) is 0 Å². The molecule has 0 radical (unpaired) electrons. The smallest absolute Gasteiger partial charge is 0.237 e. The fourth-order valence-corrected chi connectivity index (χ4v) is 13.3. The van der Waals surface area contributed by atoms with Gasteiger partial charge in [0.1, 0.15) is 6.10 Å². The first-order valence-electron chi connectivity index (χ1n) is 18.1. The Balaban J connectivity index is 0.962. The predicted octanol–water partition coefficient (Wildman–Crippen LogP) is 4.26. The fourth-order valence-electron chi connectivity index (χ4n) is 13.3. The van der Waals surface area contributed by atoms with Gasteiger partial charge in [0.05, 0.1) is 43.1 Å². The number of fused-ring (bicyclic) bond motifs is 4. The number of morpholine rings is 1. The lowest BCUT2D eigenvalue weighted by Gasteiger charge is -2.60. The van der Waals surface area contributed by atoms with Gasteiger partial charge in [-0.15, -0.1) is 0 Å². The van der Waals surface area contributed by atoms with Crippen molar-refractivity contribution in [3.8, 4) is 0 Å². The zero-order chi connectivity index (χ0) is 30.9. The third-order valence-electron chi connectivity index (χ3n) is 15.5. The van der Waals surface area contributed by atoms with Gasteiger partial charge in [0.25, 0.3) is 0 Å². The van der Waals surface area contributed by atoms with Crippen LogP contribution in [0.5, 0.6) is 0 Å². The van der Waals surface area contributed by atoms with Crippen LogP contribution in [0.1, 0.15) is 105 Å². The summed E-state index contributed by atoms with van der Waals surface area (Å²) in [5, 5.41) is 24.3. The summed E-state index contributed by atoms with van der Waals surface area (Å²) in [4.78, 5) is 14.6. The molecule has 44 heavy (non-hydrogen) atoms. The molecule has 5 saturated carbocycles. The second-order valence-electron chi connectivity index (χ2n) is 17.9. The second-order valence-corrected chi connectivity index (χ2v) is 17.9. The second kappa shape index (κ2) is 10.1. The first-order valence-corrected chi connectivity index (χ1v) is 18.1. The summed E-state index contributed by atoms with van der Waals surface area (Å²) in [6.45, 7) is 13.8. The molecule has 0 aromatic carbocycles. The van der Waals surface area contributed by atoms with Crippen molar-refractivity contribution in [3.63, 3.8) is 0 Å². The van der Waals surface area contributed by atoms with Gasteiger partial charge in [0, 0.05) is 13.1 Å². The lowest BCUT2D eigenvalue weighted by atomic mass is 9.46. The quantitative estimate of drug-likeness (QED) is 0.426. The highest BCUT2D eigenvalue weighted by Gasteiger charge is 2.80. The molecule has 8 nitrogen and oxygen atoms in total. The van der Waals surface area contributed by atoms with Gasteiger partial charge in [-0.1, -0.05) is 20.8 Å². The number of amides is 1. The molecule has 3 saturated heterocycles. The lowest BCUT2D eigenvalue weighted by molar-refractivity contribution is -0.247. The molecule has 1 amide bonds. The highest BCUT2D eigenvalue weighted by atomic mass is 16.7. The van der Waals surface area contributed by atoms with Crippen molar-refractivity contribution >= 4 is 5.91 Å². The number of aliphatic hydroxyl groups excluding tert-OH is 1. The minimum atomic E-state index is -1.14. The highest BCUT2D eigenvalue weighted by molar-refractivity contribution is 5.83. The van der Waals surface area contributed by atoms with E-state index in [1.165, 1.54) is 38.5 Å². The Hall–Kier alpha value is -0.770. The Kier molecular flexibility index (Phi) is 7.03. The Morgan fingerprint density at radius 1 is 1.00 bits per heavy atom. The van der Waals surface area contributed by atoms with Crippen LogP contribution in [0.25, 0.3) is 0 Å². The van der Waals surface area contributed by atoms with E-state index in [2.05, 4.69) is 31.0 Å². The number of carbonyl (C=O) groups excluding carboxylic acids is 1. The third-order valence-corrected chi connectivity index (χ3v) is 15.5. The maximum absolute atomic E-state index is 12.4. The molecule has 0 bridgehead atoms. The van der Waals surface area contributed by atoms with Crippen LogP contribution in [0.3, 0.4) is 0 Å². The molecular weight excluding hydrogens is 556 g/mol. The maximum Gasteiger partial charge on any atom is 0.237 e. The van der Waals surface area contributed by atoms with E-state index in [-0.39, 0.29) is 42.0 Å². The molecule has 0 aromatic rings. The molecule has 8 fully saturated rings. The van der Waals surface area contributed by atoms with Crippen molar-refractivity contribution in [1.82, 2.24) is 10.2 Å². The molecule has 5 aliphatic carbocycles. The minimum absolute atomic E-state index is 0.0338. The van der Waals surface area contributed by atoms with Gasteiger partial charge in [-0.05, 0) is 130 Å². The summed E-state index contributed by atoms with van der Waals surface area (Å²) < 4.78 is 19.7. The standard InChI is InChI=1S/C36H58N2O6/c1-32(2)27-9-7-21-23-18-26-22(6-8-25(43-26)30(39)33(3,4)41)34(23,5)13-14-35(21)20-36(27,35)12-10-28(32)44-29-19-38(16-17-42-29)24-11-15-37-31(24)40/h21-30,39,41H,6-20H2,1-5H3,(H,37,40)/t21?,22?,23?,24-,25?,26?,27?,28-,29?,30-,34?,35-,36+/m0/s1. The van der Waals surface area contributed by atoms with Crippen molar-refractivity contribution in [2.75, 3.05) is 26.2 Å². The zero-order valence-electron chi connectivity index (χ0n) is 27.9. The highest BCUT2D eigenvalue weighted by Crippen LogP contribution is 2.87. The molecule has 248 valence electrons. The van der Waals surface area contributed by atoms with E-state index in [4.69, 9.17) is 14.2 Å². The van der Waals surface area contributed by atoms with Gasteiger partial charge >= 0.3 is 0 Å². The zero-order valence-corrected chi connectivity index (χ0v) is 27.9. The molecular formula is C36H58N2O6. The Morgan fingerprint density at radius 3 is 2.55 bits per heavy atom. The number of carbonyl (C=O) groups is 1. The number of nitrogens with zero attached hydrogens (tertiary/aromatic N) is 1. The van der Waals surface area contributed by atoms with Crippen molar-refractivity contribution < 1.29 is 29.2 Å². The molecule has 8 rings (SSSR count). The Morgan fingerprint density at radius 2 is 1.80 bits per heavy atom. The monoisotopic (exact) mass is 614 g/mol. The molecule has 0 aromatic heterocycles. The van der Waals surface area contributed by atoms with Crippen LogP contribution in [-0.4, -0.2) is 89.6 Å². The topological polar surface area (TPSA) is 100 Å². The summed E-state index contributed by atoms with van der Waals surface area (Å²) in [5.41, 5.74) is 0.223. The number of rotatable bonds is 5. The summed E-state index contributed by atoms with van der Waals surface area (Å²) in [7, 11) is 0. The lowest BCUT2D eigenvalue weighted by Crippen LogP contribution is -2.57. The van der Waals surface area contributed by atoms with Crippen molar-refractivity contribution in [3.05, 3.63) is 0 Å². The first kappa shape index (κ1) is 30.6. The van der Waals surface area contributed by atoms with Gasteiger partial charge in [-0.3, -0.25) is 9.69 Å². The van der Waals surface area contributed by atoms with E-state index in [0.717, 1.165) is 51.1 Å². The number of ether oxygens (including phenoxy) is 3. The molecule has 3 aliphatic heterocycles. The van der Waals surface area contributed by atoms with Gasteiger partial charge in [0.15, 0.2) is 6.29 Å². The van der Waals surface area contributed by atoms with Crippen LogP contribution in [0.2, 0.25) is 0 Å². The molecule has 2 spiro atoms. The molecule has 8 heteroatoms. The number of aliphatic hydroxyl groups is 2. The fraction of sp³-hybridized carbons (Fsp3) is 0.972. The predicted molar refractivity (Wildman–Crippen MR) is 165 cm³/mol. The maximum atomic E-state index is 12.4. The van der Waals surface area contributed by atoms with E-state index in [9.17, 15) is 15.0 Å². The van der Waals surface area contributed by atoms with Crippen molar-refractivity contribution in [2.45, 2.75) is 148 Å². The molecule has 3 N–H and O–H groups in total. The van der Waals surface area contributed by atoms with E-state index in [0.29, 0.717) is 47.2 Å². The number of hydrogen-bond donors (Lipinski definition) is 3. The van der Waals surface area contributed by atoms with Gasteiger partial charge in [-0.25, -0.2) is 0 Å². The SMILES string of the molecule is CC12CC[C@@]34C[C@@]35CC[C@H](OC3CN([C@H]6CCNC6=O)CCO3)C(C)(C)C5CCC4C1CC1OC([C@H](O)C(C)(C)O)CCC12. The van der Waals surface area contributed by atoms with Crippen LogP contribution in [0, 0.1) is 45.3 Å². The summed E-state index contributed by atoms with van der Waals surface area (Å²) in [6, 6.07) is -0.0338. The average Bonchev–Trinajstić information content (AvgIpc) is 3.27. The van der Waals surface area contributed by atoms with Crippen LogP contribution >= 0.6 is 0 Å². The molecule has 8 aliphatic rings. The summed E-state index contributed by atoms with van der Waals surface area (Å²) in [5.74, 6) is 2.90. The van der Waals surface area contributed by atoms with Gasteiger partial charge in [0.2, 0.25) is 5.91 Å². The molecule has 8 unspecified atom stereocenters. The van der Waals surface area contributed by atoms with Gasteiger partial charge < -0.3 is 29.7 Å². The Bertz CT molecular complexity index is 1160. The average molecular weight is 615 g/mol. The van der Waals surface area contributed by atoms with E-state index >= 15 is 0 Å². The summed E-state index contributed by atoms with van der Waals surface area (Å²) >= 11 is 0. The normalized spacial score (nSPS) is 52.2. The van der Waals surface area contributed by atoms with E-state index in [1.54, 1.807) is 13.8 Å². The number of nitrogens with one attached hydrogen (secondary N) is 1.